The summed E-state index contributed by atoms with van der Waals surface area (Å²) in [6, 6.07) is 8.35. The number of nitrogens with zero attached hydrogens (tertiary/aromatic N) is 1. The minimum absolute atomic E-state index is 0.0776. The Morgan fingerprint density at radius 1 is 1.04 bits per heavy atom. The van der Waals surface area contributed by atoms with Crippen molar-refractivity contribution < 1.29 is 14.4 Å². The van der Waals surface area contributed by atoms with Gasteiger partial charge in [0.15, 0.2) is 0 Å². The van der Waals surface area contributed by atoms with E-state index in [1.807, 2.05) is 24.3 Å². The number of esters is 1. The highest BCUT2D eigenvalue weighted by Gasteiger charge is 2.35. The van der Waals surface area contributed by atoms with Gasteiger partial charge in [0.25, 0.3) is 0 Å². The molecule has 0 aromatic heterocycles. The third-order valence-electron chi connectivity index (χ3n) is 4.74. The normalized spacial score (nSPS) is 13.5. The molecule has 28 heavy (non-hydrogen) atoms. The topological polar surface area (TPSA) is 38.8 Å². The molecule has 0 amide bonds. The van der Waals surface area contributed by atoms with Crippen molar-refractivity contribution in [2.45, 2.75) is 86.6 Å². The van der Waals surface area contributed by atoms with Crippen molar-refractivity contribution in [1.29, 1.82) is 0 Å². The van der Waals surface area contributed by atoms with Crippen LogP contribution in [0, 0.1) is 11.8 Å². The van der Waals surface area contributed by atoms with Gasteiger partial charge in [0.05, 0.1) is 0 Å². The number of rotatable bonds is 9. The van der Waals surface area contributed by atoms with Gasteiger partial charge < -0.3 is 4.74 Å². The molecule has 4 nitrogen and oxygen atoms in total. The van der Waals surface area contributed by atoms with Crippen LogP contribution in [0.3, 0.4) is 0 Å². The summed E-state index contributed by atoms with van der Waals surface area (Å²) in [6.07, 6.45) is -0.0776. The molecule has 0 aliphatic carbocycles. The quantitative estimate of drug-likeness (QED) is 0.291. The zero-order chi connectivity index (χ0) is 21.6. The van der Waals surface area contributed by atoms with Gasteiger partial charge >= 0.3 is 5.97 Å². The van der Waals surface area contributed by atoms with E-state index in [0.717, 1.165) is 11.1 Å². The van der Waals surface area contributed by atoms with Gasteiger partial charge in [-0.3, -0.25) is 4.84 Å². The van der Waals surface area contributed by atoms with Crippen molar-refractivity contribution in [3.05, 3.63) is 47.5 Å². The van der Waals surface area contributed by atoms with Gasteiger partial charge in [-0.15, -0.1) is 0 Å². The van der Waals surface area contributed by atoms with Crippen LogP contribution in [0.15, 0.2) is 36.4 Å². The van der Waals surface area contributed by atoms with E-state index in [0.29, 0.717) is 23.5 Å². The van der Waals surface area contributed by atoms with Crippen LogP contribution >= 0.6 is 0 Å². The maximum atomic E-state index is 11.5. The average molecular weight is 390 g/mol. The highest BCUT2D eigenvalue weighted by atomic mass is 16.7. The average Bonchev–Trinajstić information content (AvgIpc) is 2.57. The molecular formula is C24H39NO3. The monoisotopic (exact) mass is 389 g/mol. The summed E-state index contributed by atoms with van der Waals surface area (Å²) in [5.74, 6) is 0.601. The standard InChI is InChI=1S/C24H39NO3/c1-16(2)22(17(3)4)25(24(8,9)10)28-19(7)21-13-11-20(12-14-21)15-27-23(26)18(5)6/h11-14,16-17,19,22H,5,15H2,1-4,6-10H3. The molecule has 1 aromatic carbocycles. The van der Waals surface area contributed by atoms with E-state index in [-0.39, 0.29) is 24.2 Å². The van der Waals surface area contributed by atoms with Crippen molar-refractivity contribution >= 4 is 5.97 Å². The molecule has 1 unspecified atom stereocenters. The molecular weight excluding hydrogens is 350 g/mol. The van der Waals surface area contributed by atoms with Gasteiger partial charge in [-0.25, -0.2) is 4.79 Å². The van der Waals surface area contributed by atoms with E-state index in [2.05, 4.69) is 67.0 Å². The molecule has 4 heteroatoms. The second-order valence-corrected chi connectivity index (χ2v) is 9.32. The van der Waals surface area contributed by atoms with Crippen LogP contribution in [0.4, 0.5) is 0 Å². The second kappa shape index (κ2) is 10.2. The minimum atomic E-state index is -0.366. The van der Waals surface area contributed by atoms with Gasteiger partial charge in [0, 0.05) is 17.2 Å². The number of hydrogen-bond acceptors (Lipinski definition) is 4. The van der Waals surface area contributed by atoms with Crippen molar-refractivity contribution in [3.8, 4) is 0 Å². The van der Waals surface area contributed by atoms with Gasteiger partial charge in [0.2, 0.25) is 0 Å². The molecule has 0 saturated heterocycles. The minimum Gasteiger partial charge on any atom is -0.457 e. The molecule has 0 aliphatic heterocycles. The first-order valence-electron chi connectivity index (χ1n) is 10.2. The predicted octanol–water partition coefficient (Wildman–Crippen LogP) is 6.08. The Bertz CT molecular complexity index is 633. The molecule has 0 aliphatic rings. The van der Waals surface area contributed by atoms with E-state index in [9.17, 15) is 4.79 Å². The number of ether oxygens (including phenoxy) is 1. The van der Waals surface area contributed by atoms with Crippen LogP contribution in [-0.2, 0) is 21.0 Å². The first-order chi connectivity index (χ1) is 12.8. The number of benzene rings is 1. The summed E-state index contributed by atoms with van der Waals surface area (Å²) in [5, 5.41) is 2.18. The maximum Gasteiger partial charge on any atom is 0.333 e. The Hall–Kier alpha value is -1.65. The van der Waals surface area contributed by atoms with E-state index in [1.165, 1.54) is 0 Å². The highest BCUT2D eigenvalue weighted by Crippen LogP contribution is 2.31. The Morgan fingerprint density at radius 2 is 1.54 bits per heavy atom. The molecule has 0 fully saturated rings. The van der Waals surface area contributed by atoms with E-state index >= 15 is 0 Å². The smallest absolute Gasteiger partial charge is 0.333 e. The summed E-state index contributed by atoms with van der Waals surface area (Å²) < 4.78 is 5.21. The fourth-order valence-corrected chi connectivity index (χ4v) is 3.38. The zero-order valence-corrected chi connectivity index (χ0v) is 19.2. The van der Waals surface area contributed by atoms with Gasteiger partial charge in [-0.05, 0) is 57.6 Å². The summed E-state index contributed by atoms with van der Waals surface area (Å²) in [5.41, 5.74) is 2.34. The molecule has 0 heterocycles. The van der Waals surface area contributed by atoms with Crippen LogP contribution in [0.1, 0.15) is 79.5 Å². The summed E-state index contributed by atoms with van der Waals surface area (Å²) in [6.45, 7) is 23.1. The number of carbonyl (C=O) groups is 1. The molecule has 158 valence electrons. The first kappa shape index (κ1) is 24.4. The van der Waals surface area contributed by atoms with Crippen LogP contribution in [0.2, 0.25) is 0 Å². The van der Waals surface area contributed by atoms with Gasteiger partial charge in [0.1, 0.15) is 12.7 Å². The largest absolute Gasteiger partial charge is 0.457 e. The van der Waals surface area contributed by atoms with Gasteiger partial charge in [-0.1, -0.05) is 58.5 Å². The summed E-state index contributed by atoms with van der Waals surface area (Å²) in [7, 11) is 0. The third-order valence-corrected chi connectivity index (χ3v) is 4.74. The van der Waals surface area contributed by atoms with Crippen molar-refractivity contribution in [3.63, 3.8) is 0 Å². The van der Waals surface area contributed by atoms with E-state index in [1.54, 1.807) is 6.92 Å². The fourth-order valence-electron chi connectivity index (χ4n) is 3.38. The highest BCUT2D eigenvalue weighted by molar-refractivity contribution is 5.86. The van der Waals surface area contributed by atoms with Crippen LogP contribution in [0.5, 0.6) is 0 Å². The third kappa shape index (κ3) is 7.06. The molecule has 1 atom stereocenters. The molecule has 0 saturated carbocycles. The molecule has 0 radical (unpaired) electrons. The molecule has 0 spiro atoms. The van der Waals surface area contributed by atoms with Gasteiger partial charge in [-0.2, -0.15) is 5.06 Å². The summed E-state index contributed by atoms with van der Waals surface area (Å²) >= 11 is 0. The Morgan fingerprint density at radius 3 is 1.93 bits per heavy atom. The lowest BCUT2D eigenvalue weighted by atomic mass is 9.90. The Balaban J connectivity index is 2.89. The lowest BCUT2D eigenvalue weighted by Gasteiger charge is -2.45. The molecule has 0 N–H and O–H groups in total. The SMILES string of the molecule is C=C(C)C(=O)OCc1ccc(C(C)ON(C(C(C)C)C(C)C)C(C)(C)C)cc1. The second-order valence-electron chi connectivity index (χ2n) is 9.32. The number of hydroxylamine groups is 2. The summed E-state index contributed by atoms with van der Waals surface area (Å²) in [4.78, 5) is 18.0. The molecule has 0 bridgehead atoms. The Kier molecular flexibility index (Phi) is 8.90. The van der Waals surface area contributed by atoms with Crippen LogP contribution < -0.4 is 0 Å². The van der Waals surface area contributed by atoms with Crippen LogP contribution in [-0.4, -0.2) is 22.6 Å². The number of carbonyl (C=O) groups excluding carboxylic acids is 1. The van der Waals surface area contributed by atoms with Crippen molar-refractivity contribution in [1.82, 2.24) is 5.06 Å². The maximum absolute atomic E-state index is 11.5. The predicted molar refractivity (Wildman–Crippen MR) is 116 cm³/mol. The van der Waals surface area contributed by atoms with Crippen LogP contribution in [0.25, 0.3) is 0 Å². The number of hydrogen-bond donors (Lipinski definition) is 0. The first-order valence-corrected chi connectivity index (χ1v) is 10.2. The van der Waals surface area contributed by atoms with E-state index in [4.69, 9.17) is 9.57 Å². The fraction of sp³-hybridized carbons (Fsp3) is 0.625. The Labute approximate surface area is 171 Å². The lowest BCUT2D eigenvalue weighted by molar-refractivity contribution is -0.277. The lowest BCUT2D eigenvalue weighted by Crippen LogP contribution is -2.52. The zero-order valence-electron chi connectivity index (χ0n) is 19.2. The molecule has 1 aromatic rings. The van der Waals surface area contributed by atoms with Crippen molar-refractivity contribution in [2.24, 2.45) is 11.8 Å². The van der Waals surface area contributed by atoms with E-state index < -0.39 is 0 Å². The van der Waals surface area contributed by atoms with Crippen molar-refractivity contribution in [2.75, 3.05) is 0 Å². The molecule has 1 rings (SSSR count).